The quantitative estimate of drug-likeness (QED) is 0.492. The average Bonchev–Trinajstić information content (AvgIpc) is 3.02. The van der Waals surface area contributed by atoms with Gasteiger partial charge in [0.05, 0.1) is 5.92 Å². The molecule has 3 fully saturated rings. The summed E-state index contributed by atoms with van der Waals surface area (Å²) in [5, 5.41) is 3.12. The predicted molar refractivity (Wildman–Crippen MR) is 128 cm³/mol. The number of benzene rings is 1. The highest BCUT2D eigenvalue weighted by atomic mass is 16.2. The number of nitrogens with one attached hydrogen (secondary N) is 1. The van der Waals surface area contributed by atoms with E-state index in [0.717, 1.165) is 38.3 Å². The van der Waals surface area contributed by atoms with Crippen LogP contribution in [0.3, 0.4) is 0 Å². The van der Waals surface area contributed by atoms with Crippen LogP contribution in [0, 0.1) is 11.8 Å². The van der Waals surface area contributed by atoms with Crippen LogP contribution in [0.4, 0.5) is 0 Å². The van der Waals surface area contributed by atoms with E-state index in [1.165, 1.54) is 63.6 Å². The van der Waals surface area contributed by atoms with E-state index in [4.69, 9.17) is 0 Å². The maximum atomic E-state index is 12.7. The van der Waals surface area contributed by atoms with E-state index in [1.54, 1.807) is 0 Å². The number of carbonyl (C=O) groups excluding carboxylic acids is 2. The Balaban J connectivity index is 1.10. The first-order valence-electron chi connectivity index (χ1n) is 13.0. The standard InChI is InChI=1S/C27H41N3O2/c31-26-20-24(21-30(26)25-11-6-1-2-7-12-25)27(32)28-15-8-16-29-17-13-23(14-18-29)19-22-9-4-3-5-10-22/h3-5,9-10,23-25H,1-2,6-8,11-21H2,(H,28,32)/t24-/m1/s1. The third-order valence-electron chi connectivity index (χ3n) is 7.82. The van der Waals surface area contributed by atoms with Gasteiger partial charge in [-0.3, -0.25) is 9.59 Å². The van der Waals surface area contributed by atoms with Crippen LogP contribution >= 0.6 is 0 Å². The van der Waals surface area contributed by atoms with Crippen molar-refractivity contribution in [1.29, 1.82) is 0 Å². The first-order valence-corrected chi connectivity index (χ1v) is 13.0. The molecule has 1 saturated carbocycles. The SMILES string of the molecule is O=C(NCCCN1CCC(Cc2ccccc2)CC1)[C@@H]1CC(=O)N(C2CCCCCC2)C1. The van der Waals surface area contributed by atoms with Crippen LogP contribution in [0.1, 0.15) is 69.8 Å². The van der Waals surface area contributed by atoms with Gasteiger partial charge in [0.1, 0.15) is 0 Å². The van der Waals surface area contributed by atoms with Gasteiger partial charge in [0, 0.05) is 25.6 Å². The fourth-order valence-electron chi connectivity index (χ4n) is 5.85. The zero-order valence-electron chi connectivity index (χ0n) is 19.6. The molecule has 3 aliphatic rings. The molecule has 2 saturated heterocycles. The Kier molecular flexibility index (Phi) is 8.61. The molecule has 0 radical (unpaired) electrons. The lowest BCUT2D eigenvalue weighted by Gasteiger charge is -2.32. The van der Waals surface area contributed by atoms with Crippen molar-refractivity contribution in [2.24, 2.45) is 11.8 Å². The van der Waals surface area contributed by atoms with Gasteiger partial charge in [0.25, 0.3) is 0 Å². The van der Waals surface area contributed by atoms with Crippen molar-refractivity contribution >= 4 is 11.8 Å². The van der Waals surface area contributed by atoms with Crippen LogP contribution in [0.5, 0.6) is 0 Å². The van der Waals surface area contributed by atoms with Crippen molar-refractivity contribution in [2.45, 2.75) is 76.7 Å². The molecule has 176 valence electrons. The third kappa shape index (κ3) is 6.57. The highest BCUT2D eigenvalue weighted by Crippen LogP contribution is 2.28. The van der Waals surface area contributed by atoms with Crippen LogP contribution in [0.25, 0.3) is 0 Å². The molecule has 1 aliphatic carbocycles. The minimum atomic E-state index is -0.153. The maximum absolute atomic E-state index is 12.7. The van der Waals surface area contributed by atoms with Crippen molar-refractivity contribution in [3.05, 3.63) is 35.9 Å². The summed E-state index contributed by atoms with van der Waals surface area (Å²) in [7, 11) is 0. The minimum absolute atomic E-state index is 0.0797. The van der Waals surface area contributed by atoms with Crippen molar-refractivity contribution < 1.29 is 9.59 Å². The lowest BCUT2D eigenvalue weighted by molar-refractivity contribution is -0.130. The molecular weight excluding hydrogens is 398 g/mol. The van der Waals surface area contributed by atoms with E-state index in [9.17, 15) is 9.59 Å². The topological polar surface area (TPSA) is 52.7 Å². The molecule has 2 aliphatic heterocycles. The molecule has 5 nitrogen and oxygen atoms in total. The number of hydrogen-bond donors (Lipinski definition) is 1. The van der Waals surface area contributed by atoms with Crippen LogP contribution in [-0.4, -0.2) is 60.4 Å². The number of nitrogens with zero attached hydrogens (tertiary/aromatic N) is 2. The molecule has 0 spiro atoms. The number of amides is 2. The van der Waals surface area contributed by atoms with Crippen molar-refractivity contribution in [1.82, 2.24) is 15.1 Å². The second kappa shape index (κ2) is 11.8. The van der Waals surface area contributed by atoms with E-state index < -0.39 is 0 Å². The fraction of sp³-hybridized carbons (Fsp3) is 0.704. The average molecular weight is 440 g/mol. The molecule has 4 rings (SSSR count). The highest BCUT2D eigenvalue weighted by Gasteiger charge is 2.37. The van der Waals surface area contributed by atoms with Gasteiger partial charge in [0.2, 0.25) is 11.8 Å². The zero-order chi connectivity index (χ0) is 22.2. The van der Waals surface area contributed by atoms with E-state index in [0.29, 0.717) is 19.0 Å². The van der Waals surface area contributed by atoms with Gasteiger partial charge in [0.15, 0.2) is 0 Å². The lowest BCUT2D eigenvalue weighted by atomic mass is 9.90. The molecule has 5 heteroatoms. The smallest absolute Gasteiger partial charge is 0.225 e. The summed E-state index contributed by atoms with van der Waals surface area (Å²) in [6.07, 6.45) is 12.3. The Morgan fingerprint density at radius 2 is 1.69 bits per heavy atom. The lowest BCUT2D eigenvalue weighted by Crippen LogP contribution is -2.39. The summed E-state index contributed by atoms with van der Waals surface area (Å²) in [6.45, 7) is 4.73. The first-order chi connectivity index (χ1) is 15.7. The molecular formula is C27H41N3O2. The number of carbonyl (C=O) groups is 2. The molecule has 32 heavy (non-hydrogen) atoms. The predicted octanol–water partition coefficient (Wildman–Crippen LogP) is 4.02. The Labute approximate surface area is 193 Å². The molecule has 1 N–H and O–H groups in total. The van der Waals surface area contributed by atoms with Crippen LogP contribution < -0.4 is 5.32 Å². The molecule has 1 aromatic carbocycles. The molecule has 1 aromatic rings. The van der Waals surface area contributed by atoms with Crippen molar-refractivity contribution in [3.63, 3.8) is 0 Å². The summed E-state index contributed by atoms with van der Waals surface area (Å²) >= 11 is 0. The number of rotatable bonds is 8. The summed E-state index contributed by atoms with van der Waals surface area (Å²) in [5.41, 5.74) is 1.46. The minimum Gasteiger partial charge on any atom is -0.356 e. The molecule has 1 atom stereocenters. The van der Waals surface area contributed by atoms with Gasteiger partial charge in [-0.2, -0.15) is 0 Å². The second-order valence-electron chi connectivity index (χ2n) is 10.2. The Morgan fingerprint density at radius 1 is 0.969 bits per heavy atom. The zero-order valence-corrected chi connectivity index (χ0v) is 19.6. The van der Waals surface area contributed by atoms with Crippen molar-refractivity contribution in [3.8, 4) is 0 Å². The maximum Gasteiger partial charge on any atom is 0.225 e. The normalized spacial score (nSPS) is 23.9. The van der Waals surface area contributed by atoms with Gasteiger partial charge in [-0.1, -0.05) is 56.0 Å². The van der Waals surface area contributed by atoms with Crippen LogP contribution in [0.15, 0.2) is 30.3 Å². The van der Waals surface area contributed by atoms with Gasteiger partial charge >= 0.3 is 0 Å². The Morgan fingerprint density at radius 3 is 2.41 bits per heavy atom. The van der Waals surface area contributed by atoms with Gasteiger partial charge < -0.3 is 15.1 Å². The largest absolute Gasteiger partial charge is 0.356 e. The highest BCUT2D eigenvalue weighted by molar-refractivity contribution is 5.89. The van der Waals surface area contributed by atoms with E-state index >= 15 is 0 Å². The monoisotopic (exact) mass is 439 g/mol. The van der Waals surface area contributed by atoms with Gasteiger partial charge in [-0.15, -0.1) is 0 Å². The summed E-state index contributed by atoms with van der Waals surface area (Å²) < 4.78 is 0. The van der Waals surface area contributed by atoms with Crippen molar-refractivity contribution in [2.75, 3.05) is 32.7 Å². The molecule has 2 amide bonds. The Bertz CT molecular complexity index is 722. The first kappa shape index (κ1) is 23.3. The number of likely N-dealkylation sites (tertiary alicyclic amines) is 2. The molecule has 0 unspecified atom stereocenters. The van der Waals surface area contributed by atoms with E-state index in [-0.39, 0.29) is 17.7 Å². The summed E-state index contributed by atoms with van der Waals surface area (Å²) in [6, 6.07) is 11.2. The molecule has 0 bridgehead atoms. The summed E-state index contributed by atoms with van der Waals surface area (Å²) in [5.74, 6) is 0.913. The number of piperidine rings is 1. The fourth-order valence-corrected chi connectivity index (χ4v) is 5.85. The van der Waals surface area contributed by atoms with E-state index in [1.807, 2.05) is 4.90 Å². The molecule has 2 heterocycles. The third-order valence-corrected chi connectivity index (χ3v) is 7.82. The Hall–Kier alpha value is -1.88. The second-order valence-corrected chi connectivity index (χ2v) is 10.2. The van der Waals surface area contributed by atoms with Gasteiger partial charge in [-0.05, 0) is 69.6 Å². The summed E-state index contributed by atoms with van der Waals surface area (Å²) in [4.78, 5) is 29.7. The van der Waals surface area contributed by atoms with Crippen LogP contribution in [0.2, 0.25) is 0 Å². The van der Waals surface area contributed by atoms with E-state index in [2.05, 4.69) is 40.5 Å². The van der Waals surface area contributed by atoms with Crippen LogP contribution in [-0.2, 0) is 16.0 Å². The number of hydrogen-bond acceptors (Lipinski definition) is 3. The van der Waals surface area contributed by atoms with Gasteiger partial charge in [-0.25, -0.2) is 0 Å². The molecule has 0 aromatic heterocycles.